The lowest BCUT2D eigenvalue weighted by Gasteiger charge is -2.11. The number of nitrogens with zero attached hydrogens (tertiary/aromatic N) is 2. The second-order valence-electron chi connectivity index (χ2n) is 6.54. The molecule has 0 radical (unpaired) electrons. The number of hydrogen-bond donors (Lipinski definition) is 2. The van der Waals surface area contributed by atoms with Crippen LogP contribution in [0.4, 0.5) is 10.1 Å². The Labute approximate surface area is 174 Å². The SMILES string of the molecule is CCOC(=O)C1=Nc2ccccc2C1=Cc1c(O)n(-c2ccccc2F)c(=O)[nH]c1=O. The van der Waals surface area contributed by atoms with Gasteiger partial charge in [0.15, 0.2) is 5.71 Å². The van der Waals surface area contributed by atoms with E-state index in [9.17, 15) is 23.9 Å². The van der Waals surface area contributed by atoms with Crippen LogP contribution in [0.25, 0.3) is 17.3 Å². The number of aromatic amines is 1. The number of aromatic nitrogens is 2. The van der Waals surface area contributed by atoms with Crippen LogP contribution in [0, 0.1) is 5.82 Å². The molecule has 1 aliphatic rings. The molecule has 0 spiro atoms. The number of halogens is 1. The Balaban J connectivity index is 1.96. The minimum absolute atomic E-state index is 0.0505. The molecule has 31 heavy (non-hydrogen) atoms. The Morgan fingerprint density at radius 3 is 2.65 bits per heavy atom. The van der Waals surface area contributed by atoms with E-state index >= 15 is 0 Å². The van der Waals surface area contributed by atoms with E-state index in [0.29, 0.717) is 15.8 Å². The first-order chi connectivity index (χ1) is 14.9. The van der Waals surface area contributed by atoms with Gasteiger partial charge in [-0.25, -0.2) is 23.5 Å². The number of aromatic hydroxyl groups is 1. The third kappa shape index (κ3) is 3.46. The summed E-state index contributed by atoms with van der Waals surface area (Å²) in [5.74, 6) is -2.26. The number of esters is 1. The molecule has 156 valence electrons. The average Bonchev–Trinajstić information content (AvgIpc) is 3.11. The number of aliphatic imine (C=N–C) groups is 1. The van der Waals surface area contributed by atoms with E-state index < -0.39 is 28.9 Å². The van der Waals surface area contributed by atoms with E-state index in [4.69, 9.17) is 4.74 Å². The zero-order valence-electron chi connectivity index (χ0n) is 16.3. The molecule has 1 aromatic heterocycles. The Morgan fingerprint density at radius 2 is 1.90 bits per heavy atom. The minimum atomic E-state index is -1.01. The number of carbonyl (C=O) groups excluding carboxylic acids is 1. The highest BCUT2D eigenvalue weighted by Gasteiger charge is 2.28. The Hall–Kier alpha value is -4.27. The van der Waals surface area contributed by atoms with Gasteiger partial charge in [-0.3, -0.25) is 9.78 Å². The lowest BCUT2D eigenvalue weighted by atomic mass is 10.0. The van der Waals surface area contributed by atoms with Crippen LogP contribution in [0.3, 0.4) is 0 Å². The van der Waals surface area contributed by atoms with Gasteiger partial charge in [0.25, 0.3) is 5.56 Å². The van der Waals surface area contributed by atoms with Crippen molar-refractivity contribution in [3.8, 4) is 11.6 Å². The zero-order chi connectivity index (χ0) is 22.1. The first-order valence-corrected chi connectivity index (χ1v) is 9.32. The van der Waals surface area contributed by atoms with Crippen molar-refractivity contribution in [2.24, 2.45) is 4.99 Å². The van der Waals surface area contributed by atoms with Crippen molar-refractivity contribution in [1.29, 1.82) is 0 Å². The van der Waals surface area contributed by atoms with Gasteiger partial charge >= 0.3 is 11.7 Å². The van der Waals surface area contributed by atoms with Gasteiger partial charge in [-0.15, -0.1) is 0 Å². The molecule has 3 aromatic rings. The fourth-order valence-electron chi connectivity index (χ4n) is 3.28. The standard InChI is InChI=1S/C22H16FN3O5/c1-2-31-21(29)18-13(12-7-3-5-9-16(12)24-18)11-14-19(27)25-22(30)26(20(14)28)17-10-6-4-8-15(17)23/h3-11,28H,2H2,1H3,(H,25,27,30). The number of rotatable bonds is 4. The molecule has 0 atom stereocenters. The summed E-state index contributed by atoms with van der Waals surface area (Å²) in [6.07, 6.45) is 1.23. The van der Waals surface area contributed by atoms with Crippen LogP contribution >= 0.6 is 0 Å². The summed E-state index contributed by atoms with van der Waals surface area (Å²) in [6, 6.07) is 12.1. The number of fused-ring (bicyclic) bond motifs is 1. The van der Waals surface area contributed by atoms with Crippen molar-refractivity contribution >= 4 is 29.0 Å². The average molecular weight is 421 g/mol. The maximum Gasteiger partial charge on any atom is 0.357 e. The van der Waals surface area contributed by atoms with E-state index in [1.54, 1.807) is 31.2 Å². The molecule has 2 heterocycles. The predicted molar refractivity (Wildman–Crippen MR) is 112 cm³/mol. The molecule has 0 amide bonds. The molecular weight excluding hydrogens is 405 g/mol. The van der Waals surface area contributed by atoms with Crippen molar-refractivity contribution in [3.05, 3.63) is 86.3 Å². The highest BCUT2D eigenvalue weighted by molar-refractivity contribution is 6.58. The van der Waals surface area contributed by atoms with E-state index in [1.165, 1.54) is 24.3 Å². The lowest BCUT2D eigenvalue weighted by Crippen LogP contribution is -2.31. The zero-order valence-corrected chi connectivity index (χ0v) is 16.3. The smallest absolute Gasteiger partial charge is 0.357 e. The number of benzene rings is 2. The molecule has 4 rings (SSSR count). The van der Waals surface area contributed by atoms with Crippen LogP contribution in [0.2, 0.25) is 0 Å². The highest BCUT2D eigenvalue weighted by atomic mass is 19.1. The lowest BCUT2D eigenvalue weighted by molar-refractivity contribution is -0.134. The summed E-state index contributed by atoms with van der Waals surface area (Å²) < 4.78 is 20.0. The topological polar surface area (TPSA) is 114 Å². The molecular formula is C22H16FN3O5. The third-order valence-electron chi connectivity index (χ3n) is 4.65. The third-order valence-corrected chi connectivity index (χ3v) is 4.65. The molecule has 2 N–H and O–H groups in total. The Morgan fingerprint density at radius 1 is 1.19 bits per heavy atom. The monoisotopic (exact) mass is 421 g/mol. The van der Waals surface area contributed by atoms with Gasteiger partial charge in [-0.2, -0.15) is 0 Å². The van der Waals surface area contributed by atoms with E-state index in [2.05, 4.69) is 9.98 Å². The van der Waals surface area contributed by atoms with Crippen LogP contribution in [0.1, 0.15) is 18.1 Å². The number of H-pyrrole nitrogens is 1. The van der Waals surface area contributed by atoms with E-state index in [1.807, 2.05) is 0 Å². The van der Waals surface area contributed by atoms with Gasteiger partial charge in [-0.05, 0) is 31.2 Å². The number of carbonyl (C=O) groups is 1. The number of hydrogen-bond acceptors (Lipinski definition) is 6. The van der Waals surface area contributed by atoms with Crippen molar-refractivity contribution in [2.75, 3.05) is 6.61 Å². The molecule has 1 aliphatic heterocycles. The number of para-hydroxylation sites is 2. The van der Waals surface area contributed by atoms with Crippen molar-refractivity contribution in [2.45, 2.75) is 6.92 Å². The summed E-state index contributed by atoms with van der Waals surface area (Å²) in [5.41, 5.74) is -1.31. The van der Waals surface area contributed by atoms with Crippen molar-refractivity contribution in [1.82, 2.24) is 9.55 Å². The molecule has 9 heteroatoms. The van der Waals surface area contributed by atoms with Gasteiger partial charge in [-0.1, -0.05) is 30.3 Å². The number of ether oxygens (including phenoxy) is 1. The normalized spacial score (nSPS) is 13.7. The van der Waals surface area contributed by atoms with E-state index in [-0.39, 0.29) is 29.1 Å². The summed E-state index contributed by atoms with van der Waals surface area (Å²) in [7, 11) is 0. The molecule has 0 aliphatic carbocycles. The minimum Gasteiger partial charge on any atom is -0.494 e. The summed E-state index contributed by atoms with van der Waals surface area (Å²) >= 11 is 0. The molecule has 0 saturated carbocycles. The molecule has 8 nitrogen and oxygen atoms in total. The Kier molecular flexibility index (Phi) is 5.08. The van der Waals surface area contributed by atoms with Gasteiger partial charge in [0.1, 0.15) is 11.4 Å². The Bertz CT molecular complexity index is 1380. The van der Waals surface area contributed by atoms with Crippen LogP contribution in [0.15, 0.2) is 63.1 Å². The quantitative estimate of drug-likeness (QED) is 0.629. The van der Waals surface area contributed by atoms with Gasteiger partial charge in [0, 0.05) is 11.1 Å². The van der Waals surface area contributed by atoms with E-state index in [0.717, 1.165) is 6.07 Å². The van der Waals surface area contributed by atoms with Crippen LogP contribution < -0.4 is 11.2 Å². The maximum absolute atomic E-state index is 14.3. The second kappa shape index (κ2) is 7.86. The van der Waals surface area contributed by atoms with Gasteiger partial charge < -0.3 is 9.84 Å². The largest absolute Gasteiger partial charge is 0.494 e. The molecule has 0 saturated heterocycles. The van der Waals surface area contributed by atoms with Crippen molar-refractivity contribution < 1.29 is 19.0 Å². The fourth-order valence-corrected chi connectivity index (χ4v) is 3.28. The molecule has 0 bridgehead atoms. The molecule has 0 fully saturated rings. The van der Waals surface area contributed by atoms with Crippen LogP contribution in [-0.4, -0.2) is 32.9 Å². The van der Waals surface area contributed by atoms with Gasteiger partial charge in [0.05, 0.1) is 18.0 Å². The maximum atomic E-state index is 14.3. The fraction of sp³-hybridized carbons (Fsp3) is 0.0909. The molecule has 0 unspecified atom stereocenters. The first kappa shape index (κ1) is 20.0. The summed E-state index contributed by atoms with van der Waals surface area (Å²) in [5, 5.41) is 10.7. The predicted octanol–water partition coefficient (Wildman–Crippen LogP) is 2.56. The highest BCUT2D eigenvalue weighted by Crippen LogP contribution is 2.36. The second-order valence-corrected chi connectivity index (χ2v) is 6.54. The summed E-state index contributed by atoms with van der Waals surface area (Å²) in [6.45, 7) is 1.76. The summed E-state index contributed by atoms with van der Waals surface area (Å²) in [4.78, 5) is 43.6. The van der Waals surface area contributed by atoms with Crippen LogP contribution in [-0.2, 0) is 9.53 Å². The number of nitrogens with one attached hydrogen (secondary N) is 1. The first-order valence-electron chi connectivity index (χ1n) is 9.32. The van der Waals surface area contributed by atoms with Gasteiger partial charge in [0.2, 0.25) is 5.88 Å². The van der Waals surface area contributed by atoms with Crippen molar-refractivity contribution in [3.63, 3.8) is 0 Å². The molecule has 2 aromatic carbocycles. The van der Waals surface area contributed by atoms with Crippen LogP contribution in [0.5, 0.6) is 5.88 Å².